The topological polar surface area (TPSA) is 35.6 Å². The third-order valence-corrected chi connectivity index (χ3v) is 4.64. The lowest BCUT2D eigenvalue weighted by atomic mass is 10.1. The average Bonchev–Trinajstić information content (AvgIpc) is 2.77. The molecule has 1 atom stereocenters. The third-order valence-electron chi connectivity index (χ3n) is 4.64. The summed E-state index contributed by atoms with van der Waals surface area (Å²) in [6.45, 7) is 6.61. The van der Waals surface area contributed by atoms with Crippen LogP contribution in [-0.2, 0) is 11.3 Å². The van der Waals surface area contributed by atoms with E-state index < -0.39 is 0 Å². The Morgan fingerprint density at radius 3 is 2.64 bits per heavy atom. The number of anilines is 1. The minimum absolute atomic E-state index is 0. The molecule has 0 aliphatic carbocycles. The molecule has 1 amide bonds. The molecule has 1 fully saturated rings. The molecule has 2 heterocycles. The van der Waals surface area contributed by atoms with Crippen LogP contribution in [0.25, 0.3) is 0 Å². The first-order valence-electron chi connectivity index (χ1n) is 8.11. The van der Waals surface area contributed by atoms with E-state index in [2.05, 4.69) is 46.3 Å². The molecule has 22 heavy (non-hydrogen) atoms. The number of halogens is 1. The summed E-state index contributed by atoms with van der Waals surface area (Å²) in [5, 5.41) is 3.44. The van der Waals surface area contributed by atoms with Crippen LogP contribution in [0.15, 0.2) is 24.3 Å². The summed E-state index contributed by atoms with van der Waals surface area (Å²) in [5.41, 5.74) is 2.49. The number of amides is 1. The number of piperidine rings is 1. The Bertz CT molecular complexity index is 502. The maximum atomic E-state index is 12.8. The van der Waals surface area contributed by atoms with E-state index in [9.17, 15) is 4.79 Å². The molecule has 1 unspecified atom stereocenters. The van der Waals surface area contributed by atoms with E-state index in [1.165, 1.54) is 17.7 Å². The summed E-state index contributed by atoms with van der Waals surface area (Å²) in [5.74, 6) is 0.284. The van der Waals surface area contributed by atoms with Crippen molar-refractivity contribution < 1.29 is 4.79 Å². The number of rotatable bonds is 2. The van der Waals surface area contributed by atoms with Crippen molar-refractivity contribution in [1.82, 2.24) is 10.2 Å². The van der Waals surface area contributed by atoms with Gasteiger partial charge in [0, 0.05) is 38.4 Å². The standard InChI is InChI=1S/C17H25N3O.ClH/c1-14(17(21)19-10-5-2-6-11-19)20-12-9-18-13-15-7-3-4-8-16(15)20;/h3-4,7-8,14,18H,2,5-6,9-13H2,1H3;1H. The molecule has 4 nitrogen and oxygen atoms in total. The summed E-state index contributed by atoms with van der Waals surface area (Å²) in [6, 6.07) is 8.35. The maximum absolute atomic E-state index is 12.8. The van der Waals surface area contributed by atoms with Crippen molar-refractivity contribution in [3.05, 3.63) is 29.8 Å². The summed E-state index contributed by atoms with van der Waals surface area (Å²) in [4.78, 5) is 17.1. The van der Waals surface area contributed by atoms with Crippen molar-refractivity contribution in [2.24, 2.45) is 0 Å². The van der Waals surface area contributed by atoms with Gasteiger partial charge in [0.25, 0.3) is 0 Å². The molecule has 2 aliphatic heterocycles. The fraction of sp³-hybridized carbons (Fsp3) is 0.588. The van der Waals surface area contributed by atoms with Crippen molar-refractivity contribution in [1.29, 1.82) is 0 Å². The molecule has 0 saturated carbocycles. The Hall–Kier alpha value is -1.26. The third kappa shape index (κ3) is 3.55. The van der Waals surface area contributed by atoms with Crippen LogP contribution in [0.1, 0.15) is 31.7 Å². The molecule has 1 aromatic rings. The smallest absolute Gasteiger partial charge is 0.244 e. The molecule has 1 N–H and O–H groups in total. The first-order valence-corrected chi connectivity index (χ1v) is 8.11. The van der Waals surface area contributed by atoms with Gasteiger partial charge >= 0.3 is 0 Å². The molecule has 3 rings (SSSR count). The zero-order chi connectivity index (χ0) is 14.7. The van der Waals surface area contributed by atoms with Crippen LogP contribution in [-0.4, -0.2) is 43.0 Å². The lowest BCUT2D eigenvalue weighted by Gasteiger charge is -2.35. The Kier molecular flexibility index (Phi) is 6.09. The van der Waals surface area contributed by atoms with Gasteiger partial charge in [-0.3, -0.25) is 4.79 Å². The quantitative estimate of drug-likeness (QED) is 0.908. The molecule has 5 heteroatoms. The van der Waals surface area contributed by atoms with Crippen LogP contribution in [0.4, 0.5) is 5.69 Å². The minimum atomic E-state index is -0.0795. The second-order valence-corrected chi connectivity index (χ2v) is 6.06. The largest absolute Gasteiger partial charge is 0.358 e. The number of likely N-dealkylation sites (tertiary alicyclic amines) is 1. The average molecular weight is 324 g/mol. The van der Waals surface area contributed by atoms with Gasteiger partial charge in [-0.2, -0.15) is 0 Å². The van der Waals surface area contributed by atoms with Gasteiger partial charge in [0.1, 0.15) is 6.04 Å². The molecule has 0 radical (unpaired) electrons. The predicted octanol–water partition coefficient (Wildman–Crippen LogP) is 2.42. The number of carbonyl (C=O) groups excluding carboxylic acids is 1. The van der Waals surface area contributed by atoms with Gasteiger partial charge in [0.05, 0.1) is 0 Å². The molecule has 0 spiro atoms. The molecule has 0 bridgehead atoms. The van der Waals surface area contributed by atoms with Gasteiger partial charge in [-0.25, -0.2) is 0 Å². The van der Waals surface area contributed by atoms with Gasteiger partial charge in [-0.15, -0.1) is 12.4 Å². The number of hydrogen-bond donors (Lipinski definition) is 1. The van der Waals surface area contributed by atoms with Crippen molar-refractivity contribution in [3.63, 3.8) is 0 Å². The Labute approximate surface area is 139 Å². The van der Waals surface area contributed by atoms with Gasteiger partial charge in [0.2, 0.25) is 5.91 Å². The highest BCUT2D eigenvalue weighted by Crippen LogP contribution is 2.25. The van der Waals surface area contributed by atoms with Crippen LogP contribution in [0.5, 0.6) is 0 Å². The monoisotopic (exact) mass is 323 g/mol. The minimum Gasteiger partial charge on any atom is -0.358 e. The van der Waals surface area contributed by atoms with Crippen LogP contribution in [0, 0.1) is 0 Å². The molecule has 122 valence electrons. The van der Waals surface area contributed by atoms with E-state index in [0.29, 0.717) is 0 Å². The van der Waals surface area contributed by atoms with Crippen molar-refractivity contribution in [2.45, 2.75) is 38.8 Å². The fourth-order valence-electron chi connectivity index (χ4n) is 3.40. The molecular formula is C17H26ClN3O. The first-order chi connectivity index (χ1) is 10.3. The van der Waals surface area contributed by atoms with Crippen molar-refractivity contribution >= 4 is 24.0 Å². The van der Waals surface area contributed by atoms with Crippen LogP contribution < -0.4 is 10.2 Å². The van der Waals surface area contributed by atoms with E-state index >= 15 is 0 Å². The van der Waals surface area contributed by atoms with E-state index in [0.717, 1.165) is 45.6 Å². The summed E-state index contributed by atoms with van der Waals surface area (Å²) in [6.07, 6.45) is 3.56. The van der Waals surface area contributed by atoms with Crippen LogP contribution in [0.3, 0.4) is 0 Å². The number of hydrogen-bond acceptors (Lipinski definition) is 3. The maximum Gasteiger partial charge on any atom is 0.244 e. The highest BCUT2D eigenvalue weighted by atomic mass is 35.5. The van der Waals surface area contributed by atoms with Crippen molar-refractivity contribution in [3.8, 4) is 0 Å². The lowest BCUT2D eigenvalue weighted by molar-refractivity contribution is -0.133. The van der Waals surface area contributed by atoms with Gasteiger partial charge in [0.15, 0.2) is 0 Å². The van der Waals surface area contributed by atoms with Crippen LogP contribution in [0.2, 0.25) is 0 Å². The first kappa shape index (κ1) is 17.1. The number of benzene rings is 1. The fourth-order valence-corrected chi connectivity index (χ4v) is 3.40. The highest BCUT2D eigenvalue weighted by molar-refractivity contribution is 5.85. The number of para-hydroxylation sites is 1. The molecule has 2 aliphatic rings. The van der Waals surface area contributed by atoms with Gasteiger partial charge in [-0.1, -0.05) is 18.2 Å². The molecule has 0 aromatic heterocycles. The summed E-state index contributed by atoms with van der Waals surface area (Å²) in [7, 11) is 0. The Morgan fingerprint density at radius 1 is 1.14 bits per heavy atom. The van der Waals surface area contributed by atoms with Gasteiger partial charge in [-0.05, 0) is 37.8 Å². The molecule has 1 saturated heterocycles. The second-order valence-electron chi connectivity index (χ2n) is 6.06. The SMILES string of the molecule is CC(C(=O)N1CCCCC1)N1CCNCc2ccccc21.Cl. The van der Waals surface area contributed by atoms with E-state index in [-0.39, 0.29) is 24.4 Å². The lowest BCUT2D eigenvalue weighted by Crippen LogP contribution is -2.49. The number of nitrogens with zero attached hydrogens (tertiary/aromatic N) is 2. The number of fused-ring (bicyclic) bond motifs is 1. The normalized spacial score (nSPS) is 19.7. The summed E-state index contributed by atoms with van der Waals surface area (Å²) < 4.78 is 0. The van der Waals surface area contributed by atoms with Crippen molar-refractivity contribution in [2.75, 3.05) is 31.1 Å². The predicted molar refractivity (Wildman–Crippen MR) is 92.6 cm³/mol. The van der Waals surface area contributed by atoms with Crippen LogP contribution >= 0.6 is 12.4 Å². The molecular weight excluding hydrogens is 298 g/mol. The number of carbonyl (C=O) groups is 1. The molecule has 1 aromatic carbocycles. The van der Waals surface area contributed by atoms with E-state index in [1.54, 1.807) is 0 Å². The Balaban J connectivity index is 0.00000176. The second kappa shape index (κ2) is 7.84. The highest BCUT2D eigenvalue weighted by Gasteiger charge is 2.28. The zero-order valence-corrected chi connectivity index (χ0v) is 14.1. The van der Waals surface area contributed by atoms with Gasteiger partial charge < -0.3 is 15.1 Å². The number of nitrogens with one attached hydrogen (secondary N) is 1. The van der Waals surface area contributed by atoms with E-state index in [4.69, 9.17) is 0 Å². The Morgan fingerprint density at radius 2 is 1.86 bits per heavy atom. The van der Waals surface area contributed by atoms with E-state index in [1.807, 2.05) is 0 Å². The zero-order valence-electron chi connectivity index (χ0n) is 13.3. The summed E-state index contributed by atoms with van der Waals surface area (Å²) >= 11 is 0.